The third kappa shape index (κ3) is 2.79. The van der Waals surface area contributed by atoms with E-state index in [2.05, 4.69) is 36.3 Å². The lowest BCUT2D eigenvalue weighted by atomic mass is 10.1. The third-order valence-electron chi connectivity index (χ3n) is 2.76. The van der Waals surface area contributed by atoms with Crippen molar-refractivity contribution in [2.24, 2.45) is 5.92 Å². The van der Waals surface area contributed by atoms with E-state index in [-0.39, 0.29) is 0 Å². The topological polar surface area (TPSA) is 34.2 Å². The van der Waals surface area contributed by atoms with Crippen LogP contribution in [0.1, 0.15) is 19.4 Å². The minimum Gasteiger partial charge on any atom is -0.477 e. The van der Waals surface area contributed by atoms with Crippen molar-refractivity contribution >= 4 is 10.8 Å². The van der Waals surface area contributed by atoms with Gasteiger partial charge in [-0.15, -0.1) is 0 Å². The second kappa shape index (κ2) is 5.83. The number of aromatic nitrogens is 1. The molecule has 2 aromatic rings. The Morgan fingerprint density at radius 2 is 1.94 bits per heavy atom. The molecule has 1 aromatic carbocycles. The highest BCUT2D eigenvalue weighted by Gasteiger charge is 2.08. The van der Waals surface area contributed by atoms with Gasteiger partial charge in [0.05, 0.1) is 6.61 Å². The van der Waals surface area contributed by atoms with Crippen LogP contribution >= 0.6 is 0 Å². The Morgan fingerprint density at radius 1 is 1.22 bits per heavy atom. The highest BCUT2D eigenvalue weighted by atomic mass is 16.5. The summed E-state index contributed by atoms with van der Waals surface area (Å²) in [6, 6.07) is 8.26. The van der Waals surface area contributed by atoms with Gasteiger partial charge in [0.15, 0.2) is 0 Å². The van der Waals surface area contributed by atoms with Crippen LogP contribution in [0.15, 0.2) is 30.5 Å². The van der Waals surface area contributed by atoms with Crippen molar-refractivity contribution in [3.05, 3.63) is 36.0 Å². The number of hydrogen-bond donors (Lipinski definition) is 1. The summed E-state index contributed by atoms with van der Waals surface area (Å²) in [6.45, 7) is 5.79. The van der Waals surface area contributed by atoms with Gasteiger partial charge in [-0.1, -0.05) is 32.0 Å². The molecule has 0 aliphatic heterocycles. The Balaban J connectivity index is 2.40. The summed E-state index contributed by atoms with van der Waals surface area (Å²) in [5, 5.41) is 5.46. The largest absolute Gasteiger partial charge is 0.477 e. The smallest absolute Gasteiger partial charge is 0.221 e. The Labute approximate surface area is 108 Å². The maximum absolute atomic E-state index is 5.78. The number of nitrogens with zero attached hydrogens (tertiary/aromatic N) is 1. The van der Waals surface area contributed by atoms with Crippen molar-refractivity contribution in [2.45, 2.75) is 20.4 Å². The molecular formula is C15H20N2O. The average Bonchev–Trinajstić information content (AvgIpc) is 2.38. The predicted molar refractivity (Wildman–Crippen MR) is 74.8 cm³/mol. The summed E-state index contributed by atoms with van der Waals surface area (Å²) in [7, 11) is 1.94. The van der Waals surface area contributed by atoms with Gasteiger partial charge in [-0.25, -0.2) is 4.98 Å². The first-order chi connectivity index (χ1) is 8.72. The Morgan fingerprint density at radius 3 is 2.61 bits per heavy atom. The van der Waals surface area contributed by atoms with Gasteiger partial charge in [0.1, 0.15) is 0 Å². The van der Waals surface area contributed by atoms with Gasteiger partial charge in [0.25, 0.3) is 0 Å². The summed E-state index contributed by atoms with van der Waals surface area (Å²) >= 11 is 0. The Bertz CT molecular complexity index is 523. The SMILES string of the molecule is CNCc1cnc(OCC(C)C)c2ccccc12. The summed E-state index contributed by atoms with van der Waals surface area (Å²) in [5.41, 5.74) is 1.20. The molecule has 0 amide bonds. The van der Waals surface area contributed by atoms with Crippen LogP contribution < -0.4 is 10.1 Å². The van der Waals surface area contributed by atoms with Gasteiger partial charge in [-0.3, -0.25) is 0 Å². The molecule has 2 rings (SSSR count). The predicted octanol–water partition coefficient (Wildman–Crippen LogP) is 2.99. The van der Waals surface area contributed by atoms with Crippen LogP contribution in [0.25, 0.3) is 10.8 Å². The molecule has 0 radical (unpaired) electrons. The lowest BCUT2D eigenvalue weighted by Gasteiger charge is -2.12. The molecule has 0 spiro atoms. The molecule has 0 bridgehead atoms. The lowest BCUT2D eigenvalue weighted by molar-refractivity contribution is 0.264. The van der Waals surface area contributed by atoms with Crippen molar-refractivity contribution in [1.82, 2.24) is 10.3 Å². The van der Waals surface area contributed by atoms with E-state index in [9.17, 15) is 0 Å². The first kappa shape index (κ1) is 12.8. The zero-order valence-corrected chi connectivity index (χ0v) is 11.2. The van der Waals surface area contributed by atoms with Crippen LogP contribution in [0.5, 0.6) is 5.88 Å². The summed E-state index contributed by atoms with van der Waals surface area (Å²) in [5.74, 6) is 1.24. The van der Waals surface area contributed by atoms with Crippen LogP contribution in [0.3, 0.4) is 0 Å². The van der Waals surface area contributed by atoms with Crippen molar-refractivity contribution in [1.29, 1.82) is 0 Å². The van der Waals surface area contributed by atoms with E-state index in [0.29, 0.717) is 12.5 Å². The third-order valence-corrected chi connectivity index (χ3v) is 2.76. The normalized spacial score (nSPS) is 11.1. The summed E-state index contributed by atoms with van der Waals surface area (Å²) in [4.78, 5) is 4.44. The van der Waals surface area contributed by atoms with E-state index < -0.39 is 0 Å². The molecule has 3 nitrogen and oxygen atoms in total. The van der Waals surface area contributed by atoms with E-state index in [1.54, 1.807) is 0 Å². The summed E-state index contributed by atoms with van der Waals surface area (Å²) < 4.78 is 5.78. The minimum absolute atomic E-state index is 0.502. The zero-order valence-electron chi connectivity index (χ0n) is 11.2. The Kier molecular flexibility index (Phi) is 4.15. The van der Waals surface area contributed by atoms with E-state index in [4.69, 9.17) is 4.74 Å². The van der Waals surface area contributed by atoms with E-state index in [1.807, 2.05) is 25.4 Å². The van der Waals surface area contributed by atoms with Gasteiger partial charge in [-0.05, 0) is 30.0 Å². The van der Waals surface area contributed by atoms with Gasteiger partial charge >= 0.3 is 0 Å². The fraction of sp³-hybridized carbons (Fsp3) is 0.400. The van der Waals surface area contributed by atoms with Crippen LogP contribution in [0, 0.1) is 5.92 Å². The average molecular weight is 244 g/mol. The van der Waals surface area contributed by atoms with Crippen molar-refractivity contribution in [2.75, 3.05) is 13.7 Å². The molecule has 0 saturated heterocycles. The molecule has 0 atom stereocenters. The second-order valence-corrected chi connectivity index (χ2v) is 4.87. The number of hydrogen-bond acceptors (Lipinski definition) is 3. The van der Waals surface area contributed by atoms with Crippen LogP contribution in [-0.4, -0.2) is 18.6 Å². The van der Waals surface area contributed by atoms with E-state index >= 15 is 0 Å². The first-order valence-corrected chi connectivity index (χ1v) is 6.36. The number of rotatable bonds is 5. The quantitative estimate of drug-likeness (QED) is 0.878. The molecular weight excluding hydrogens is 224 g/mol. The standard InChI is InChI=1S/C15H20N2O/c1-11(2)10-18-15-14-7-5-4-6-13(14)12(8-16-3)9-17-15/h4-7,9,11,16H,8,10H2,1-3H3. The van der Waals surface area contributed by atoms with E-state index in [0.717, 1.165) is 17.8 Å². The maximum Gasteiger partial charge on any atom is 0.221 e. The highest BCUT2D eigenvalue weighted by molar-refractivity contribution is 5.89. The fourth-order valence-electron chi connectivity index (χ4n) is 1.92. The molecule has 0 unspecified atom stereocenters. The highest BCUT2D eigenvalue weighted by Crippen LogP contribution is 2.26. The number of nitrogens with one attached hydrogen (secondary N) is 1. The van der Waals surface area contributed by atoms with Crippen molar-refractivity contribution < 1.29 is 4.74 Å². The molecule has 0 aliphatic rings. The summed E-state index contributed by atoms with van der Waals surface area (Å²) in [6.07, 6.45) is 1.90. The molecule has 1 N–H and O–H groups in total. The minimum atomic E-state index is 0.502. The molecule has 1 aromatic heterocycles. The zero-order chi connectivity index (χ0) is 13.0. The molecule has 0 saturated carbocycles. The number of pyridine rings is 1. The van der Waals surface area contributed by atoms with Crippen molar-refractivity contribution in [3.8, 4) is 5.88 Å². The Hall–Kier alpha value is -1.61. The number of fused-ring (bicyclic) bond motifs is 1. The number of benzene rings is 1. The molecule has 3 heteroatoms. The molecule has 18 heavy (non-hydrogen) atoms. The number of ether oxygens (including phenoxy) is 1. The molecule has 1 heterocycles. The molecule has 96 valence electrons. The first-order valence-electron chi connectivity index (χ1n) is 6.36. The molecule has 0 fully saturated rings. The lowest BCUT2D eigenvalue weighted by Crippen LogP contribution is -2.09. The van der Waals surface area contributed by atoms with Gasteiger partial charge in [-0.2, -0.15) is 0 Å². The monoisotopic (exact) mass is 244 g/mol. The second-order valence-electron chi connectivity index (χ2n) is 4.87. The van der Waals surface area contributed by atoms with Crippen LogP contribution in [0.2, 0.25) is 0 Å². The van der Waals surface area contributed by atoms with Gasteiger partial charge in [0, 0.05) is 18.1 Å². The van der Waals surface area contributed by atoms with Crippen LogP contribution in [0.4, 0.5) is 0 Å². The van der Waals surface area contributed by atoms with Crippen molar-refractivity contribution in [3.63, 3.8) is 0 Å². The van der Waals surface area contributed by atoms with Gasteiger partial charge < -0.3 is 10.1 Å². The maximum atomic E-state index is 5.78. The van der Waals surface area contributed by atoms with E-state index in [1.165, 1.54) is 10.9 Å². The van der Waals surface area contributed by atoms with Gasteiger partial charge in [0.2, 0.25) is 5.88 Å². The van der Waals surface area contributed by atoms with Crippen LogP contribution in [-0.2, 0) is 6.54 Å². The fourth-order valence-corrected chi connectivity index (χ4v) is 1.92. The molecule has 0 aliphatic carbocycles.